The molecule has 22 heavy (non-hydrogen) atoms. The number of amides is 2. The summed E-state index contributed by atoms with van der Waals surface area (Å²) >= 11 is 0. The van der Waals surface area contributed by atoms with Crippen LogP contribution < -0.4 is 11.1 Å². The van der Waals surface area contributed by atoms with Crippen molar-refractivity contribution in [2.45, 2.75) is 33.1 Å². The van der Waals surface area contributed by atoms with Crippen LogP contribution in [0.2, 0.25) is 0 Å². The maximum absolute atomic E-state index is 12.4. The number of nitrogens with two attached hydrogens (primary N) is 1. The van der Waals surface area contributed by atoms with Crippen molar-refractivity contribution >= 4 is 23.2 Å². The van der Waals surface area contributed by atoms with Gasteiger partial charge in [0.1, 0.15) is 0 Å². The Bertz CT molecular complexity index is 544. The van der Waals surface area contributed by atoms with Crippen molar-refractivity contribution in [1.82, 2.24) is 4.90 Å². The Balaban J connectivity index is 1.98. The van der Waals surface area contributed by atoms with Crippen LogP contribution in [0.5, 0.6) is 0 Å². The van der Waals surface area contributed by atoms with E-state index in [-0.39, 0.29) is 23.7 Å². The van der Waals surface area contributed by atoms with Gasteiger partial charge in [-0.15, -0.1) is 0 Å². The van der Waals surface area contributed by atoms with E-state index in [4.69, 9.17) is 5.73 Å². The number of benzene rings is 1. The molecule has 0 bridgehead atoms. The molecule has 0 aromatic heterocycles. The summed E-state index contributed by atoms with van der Waals surface area (Å²) in [6, 6.07) is 7.22. The number of carbonyl (C=O) groups is 2. The minimum atomic E-state index is -0.165. The molecule has 1 aliphatic rings. The summed E-state index contributed by atoms with van der Waals surface area (Å²) < 4.78 is 0. The summed E-state index contributed by atoms with van der Waals surface area (Å²) in [6.07, 6.45) is 2.50. The molecule has 3 N–H and O–H groups in total. The number of nitrogens with zero attached hydrogens (tertiary/aromatic N) is 1. The van der Waals surface area contributed by atoms with Gasteiger partial charge in [0.25, 0.3) is 0 Å². The van der Waals surface area contributed by atoms with Crippen LogP contribution in [0.4, 0.5) is 11.4 Å². The molecule has 5 heteroatoms. The molecule has 2 atom stereocenters. The van der Waals surface area contributed by atoms with Crippen molar-refractivity contribution < 1.29 is 9.59 Å². The monoisotopic (exact) mass is 303 g/mol. The molecule has 2 unspecified atom stereocenters. The third-order valence-electron chi connectivity index (χ3n) is 4.36. The van der Waals surface area contributed by atoms with Gasteiger partial charge >= 0.3 is 0 Å². The zero-order chi connectivity index (χ0) is 16.1. The Hall–Kier alpha value is -2.04. The number of para-hydroxylation sites is 2. The molecule has 1 fully saturated rings. The van der Waals surface area contributed by atoms with Crippen molar-refractivity contribution in [2.75, 3.05) is 24.1 Å². The molecule has 2 amide bonds. The second kappa shape index (κ2) is 7.29. The largest absolute Gasteiger partial charge is 0.397 e. The Morgan fingerprint density at radius 1 is 1.41 bits per heavy atom. The van der Waals surface area contributed by atoms with Crippen molar-refractivity contribution in [3.05, 3.63) is 24.3 Å². The molecule has 0 aliphatic carbocycles. The van der Waals surface area contributed by atoms with Gasteiger partial charge < -0.3 is 16.0 Å². The van der Waals surface area contributed by atoms with E-state index in [1.165, 1.54) is 0 Å². The standard InChI is InChI=1S/C17H25N3O2/c1-3-12(2)17(22)20-10-6-7-13(11-20)16(21)19-15-9-5-4-8-14(15)18/h4-5,8-9,12-13H,3,6-7,10-11,18H2,1-2H3,(H,19,21). The van der Waals surface area contributed by atoms with E-state index in [1.807, 2.05) is 30.9 Å². The Morgan fingerprint density at radius 2 is 2.14 bits per heavy atom. The fourth-order valence-electron chi connectivity index (χ4n) is 2.72. The normalized spacial score (nSPS) is 19.5. The minimum Gasteiger partial charge on any atom is -0.397 e. The van der Waals surface area contributed by atoms with E-state index in [2.05, 4.69) is 5.32 Å². The zero-order valence-corrected chi connectivity index (χ0v) is 13.3. The van der Waals surface area contributed by atoms with Gasteiger partial charge in [-0.05, 0) is 31.4 Å². The molecule has 2 rings (SSSR count). The molecule has 1 heterocycles. The molecule has 1 saturated heterocycles. The fourth-order valence-corrected chi connectivity index (χ4v) is 2.72. The highest BCUT2D eigenvalue weighted by Crippen LogP contribution is 2.23. The molecular formula is C17H25N3O2. The predicted molar refractivity (Wildman–Crippen MR) is 88.2 cm³/mol. The SMILES string of the molecule is CCC(C)C(=O)N1CCCC(C(=O)Nc2ccccc2N)C1. The average Bonchev–Trinajstić information content (AvgIpc) is 2.55. The van der Waals surface area contributed by atoms with Gasteiger partial charge in [0.2, 0.25) is 11.8 Å². The van der Waals surface area contributed by atoms with E-state index >= 15 is 0 Å². The minimum absolute atomic E-state index is 0.0200. The fraction of sp³-hybridized carbons (Fsp3) is 0.529. The first kappa shape index (κ1) is 16.3. The van der Waals surface area contributed by atoms with Gasteiger partial charge in [-0.3, -0.25) is 9.59 Å². The number of nitrogens with one attached hydrogen (secondary N) is 1. The van der Waals surface area contributed by atoms with Crippen LogP contribution in [0, 0.1) is 11.8 Å². The summed E-state index contributed by atoms with van der Waals surface area (Å²) in [5.41, 5.74) is 7.04. The first-order valence-electron chi connectivity index (χ1n) is 7.97. The lowest BCUT2D eigenvalue weighted by Gasteiger charge is -2.33. The molecule has 0 radical (unpaired) electrons. The first-order valence-corrected chi connectivity index (χ1v) is 7.97. The lowest BCUT2D eigenvalue weighted by atomic mass is 9.95. The summed E-state index contributed by atoms with van der Waals surface area (Å²) in [4.78, 5) is 26.5. The predicted octanol–water partition coefficient (Wildman–Crippen LogP) is 2.49. The highest BCUT2D eigenvalue weighted by Gasteiger charge is 2.30. The highest BCUT2D eigenvalue weighted by atomic mass is 16.2. The second-order valence-electron chi connectivity index (χ2n) is 6.01. The van der Waals surface area contributed by atoms with Crippen LogP contribution in [0.15, 0.2) is 24.3 Å². The van der Waals surface area contributed by atoms with Crippen LogP contribution in [-0.4, -0.2) is 29.8 Å². The topological polar surface area (TPSA) is 75.4 Å². The molecule has 120 valence electrons. The van der Waals surface area contributed by atoms with Gasteiger partial charge in [0, 0.05) is 19.0 Å². The molecule has 0 saturated carbocycles. The quantitative estimate of drug-likeness (QED) is 0.839. The average molecular weight is 303 g/mol. The zero-order valence-electron chi connectivity index (χ0n) is 13.3. The third-order valence-corrected chi connectivity index (χ3v) is 4.36. The van der Waals surface area contributed by atoms with Gasteiger partial charge in [-0.25, -0.2) is 0 Å². The summed E-state index contributed by atoms with van der Waals surface area (Å²) in [5, 5.41) is 2.88. The smallest absolute Gasteiger partial charge is 0.229 e. The van der Waals surface area contributed by atoms with Crippen molar-refractivity contribution in [2.24, 2.45) is 11.8 Å². The highest BCUT2D eigenvalue weighted by molar-refractivity contribution is 5.95. The number of carbonyl (C=O) groups excluding carboxylic acids is 2. The van der Waals surface area contributed by atoms with E-state index < -0.39 is 0 Å². The Kier molecular flexibility index (Phi) is 5.41. The number of nitrogen functional groups attached to an aromatic ring is 1. The summed E-state index contributed by atoms with van der Waals surface area (Å²) in [5.74, 6) is -0.0493. The lowest BCUT2D eigenvalue weighted by molar-refractivity contribution is -0.138. The summed E-state index contributed by atoms with van der Waals surface area (Å²) in [7, 11) is 0. The molecule has 1 aliphatic heterocycles. The number of piperidine rings is 1. The van der Waals surface area contributed by atoms with Crippen LogP contribution >= 0.6 is 0 Å². The second-order valence-corrected chi connectivity index (χ2v) is 6.01. The molecule has 0 spiro atoms. The van der Waals surface area contributed by atoms with E-state index in [9.17, 15) is 9.59 Å². The lowest BCUT2D eigenvalue weighted by Crippen LogP contribution is -2.45. The van der Waals surface area contributed by atoms with Crippen LogP contribution in [0.25, 0.3) is 0 Å². The summed E-state index contributed by atoms with van der Waals surface area (Å²) in [6.45, 7) is 5.20. The van der Waals surface area contributed by atoms with Gasteiger partial charge in [-0.1, -0.05) is 26.0 Å². The molecular weight excluding hydrogens is 278 g/mol. The number of rotatable bonds is 4. The number of hydrogen-bond donors (Lipinski definition) is 2. The number of hydrogen-bond acceptors (Lipinski definition) is 3. The van der Waals surface area contributed by atoms with Crippen molar-refractivity contribution in [3.8, 4) is 0 Å². The Morgan fingerprint density at radius 3 is 2.82 bits per heavy atom. The maximum atomic E-state index is 12.4. The van der Waals surface area contributed by atoms with E-state index in [1.54, 1.807) is 12.1 Å². The maximum Gasteiger partial charge on any atom is 0.229 e. The van der Waals surface area contributed by atoms with Crippen molar-refractivity contribution in [3.63, 3.8) is 0 Å². The first-order chi connectivity index (χ1) is 10.5. The van der Waals surface area contributed by atoms with Crippen LogP contribution in [0.1, 0.15) is 33.1 Å². The van der Waals surface area contributed by atoms with Gasteiger partial charge in [0.05, 0.1) is 17.3 Å². The molecule has 1 aromatic carbocycles. The number of likely N-dealkylation sites (tertiary alicyclic amines) is 1. The molecule has 1 aromatic rings. The Labute approximate surface area is 131 Å². The number of anilines is 2. The van der Waals surface area contributed by atoms with E-state index in [0.717, 1.165) is 25.8 Å². The van der Waals surface area contributed by atoms with Crippen LogP contribution in [-0.2, 0) is 9.59 Å². The molecule has 5 nitrogen and oxygen atoms in total. The van der Waals surface area contributed by atoms with Gasteiger partial charge in [-0.2, -0.15) is 0 Å². The van der Waals surface area contributed by atoms with Crippen molar-refractivity contribution in [1.29, 1.82) is 0 Å². The van der Waals surface area contributed by atoms with E-state index in [0.29, 0.717) is 17.9 Å². The third kappa shape index (κ3) is 3.78. The van der Waals surface area contributed by atoms with Crippen LogP contribution in [0.3, 0.4) is 0 Å². The van der Waals surface area contributed by atoms with Gasteiger partial charge in [0.15, 0.2) is 0 Å².